The molecule has 0 spiro atoms. The van der Waals surface area contributed by atoms with E-state index in [1.54, 1.807) is 18.2 Å². The number of nitrogens with zero attached hydrogens (tertiary/aromatic N) is 2. The number of ether oxygens (including phenoxy) is 1. The van der Waals surface area contributed by atoms with Crippen LogP contribution in [0.2, 0.25) is 0 Å². The summed E-state index contributed by atoms with van der Waals surface area (Å²) < 4.78 is 10.6. The second kappa shape index (κ2) is 5.34. The van der Waals surface area contributed by atoms with Gasteiger partial charge in [0.25, 0.3) is 5.69 Å². The van der Waals surface area contributed by atoms with Crippen LogP contribution in [-0.2, 0) is 4.74 Å². The Balaban J connectivity index is 2.02. The molecule has 0 N–H and O–H groups in total. The Morgan fingerprint density at radius 1 is 1.20 bits per heavy atom. The van der Waals surface area contributed by atoms with Crippen LogP contribution in [0.1, 0.15) is 0 Å². The molecule has 104 valence electrons. The highest BCUT2D eigenvalue weighted by molar-refractivity contribution is 5.74. The van der Waals surface area contributed by atoms with Crippen LogP contribution in [0, 0.1) is 10.1 Å². The van der Waals surface area contributed by atoms with Crippen LogP contribution in [-0.4, -0.2) is 31.2 Å². The van der Waals surface area contributed by atoms with E-state index in [0.29, 0.717) is 24.5 Å². The molecule has 0 amide bonds. The molecule has 0 atom stereocenters. The van der Waals surface area contributed by atoms with E-state index in [1.165, 1.54) is 12.3 Å². The lowest BCUT2D eigenvalue weighted by Gasteiger charge is -2.29. The molecule has 6 nitrogen and oxygen atoms in total. The number of furan rings is 1. The van der Waals surface area contributed by atoms with Gasteiger partial charge in [0.1, 0.15) is 5.76 Å². The number of nitro groups is 1. The Morgan fingerprint density at radius 3 is 2.65 bits per heavy atom. The molecular weight excluding hydrogens is 260 g/mol. The normalized spacial score (nSPS) is 15.3. The van der Waals surface area contributed by atoms with Gasteiger partial charge in [-0.25, -0.2) is 0 Å². The van der Waals surface area contributed by atoms with Gasteiger partial charge in [-0.1, -0.05) is 0 Å². The first-order valence-corrected chi connectivity index (χ1v) is 6.41. The van der Waals surface area contributed by atoms with Crippen LogP contribution in [0.3, 0.4) is 0 Å². The summed E-state index contributed by atoms with van der Waals surface area (Å²) in [4.78, 5) is 12.9. The first-order valence-electron chi connectivity index (χ1n) is 6.41. The molecule has 0 radical (unpaired) electrons. The Hall–Kier alpha value is -2.34. The lowest BCUT2D eigenvalue weighted by Crippen LogP contribution is -2.36. The van der Waals surface area contributed by atoms with Crippen molar-refractivity contribution in [3.8, 4) is 11.3 Å². The maximum atomic E-state index is 11.1. The fourth-order valence-electron chi connectivity index (χ4n) is 2.33. The molecule has 2 heterocycles. The molecule has 3 rings (SSSR count). The van der Waals surface area contributed by atoms with Crippen molar-refractivity contribution < 1.29 is 14.1 Å². The Labute approximate surface area is 115 Å². The fourth-order valence-corrected chi connectivity index (χ4v) is 2.33. The lowest BCUT2D eigenvalue weighted by molar-refractivity contribution is -0.384. The number of hydrogen-bond donors (Lipinski definition) is 0. The summed E-state index contributed by atoms with van der Waals surface area (Å²) in [6.45, 7) is 2.92. The van der Waals surface area contributed by atoms with Crippen LogP contribution in [0.4, 0.5) is 11.4 Å². The zero-order valence-electron chi connectivity index (χ0n) is 10.8. The fraction of sp³-hybridized carbons (Fsp3) is 0.286. The van der Waals surface area contributed by atoms with Crippen molar-refractivity contribution in [3.63, 3.8) is 0 Å². The van der Waals surface area contributed by atoms with Gasteiger partial charge in [-0.05, 0) is 24.3 Å². The molecule has 20 heavy (non-hydrogen) atoms. The number of hydrogen-bond acceptors (Lipinski definition) is 5. The lowest BCUT2D eigenvalue weighted by atomic mass is 10.1. The van der Waals surface area contributed by atoms with Gasteiger partial charge in [0, 0.05) is 24.8 Å². The average molecular weight is 274 g/mol. The van der Waals surface area contributed by atoms with Crippen LogP contribution >= 0.6 is 0 Å². The maximum Gasteiger partial charge on any atom is 0.280 e. The van der Waals surface area contributed by atoms with Crippen molar-refractivity contribution in [1.82, 2.24) is 0 Å². The highest BCUT2D eigenvalue weighted by Crippen LogP contribution is 2.34. The predicted octanol–water partition coefficient (Wildman–Crippen LogP) is 2.69. The van der Waals surface area contributed by atoms with E-state index in [4.69, 9.17) is 9.15 Å². The summed E-state index contributed by atoms with van der Waals surface area (Å²) in [6, 6.07) is 8.56. The largest absolute Gasteiger partial charge is 0.464 e. The summed E-state index contributed by atoms with van der Waals surface area (Å²) in [5, 5.41) is 11.1. The molecule has 1 saturated heterocycles. The second-order valence-corrected chi connectivity index (χ2v) is 4.54. The SMILES string of the molecule is O=[N+]([O-])c1ccc(N2CCOCC2)cc1-c1ccco1. The van der Waals surface area contributed by atoms with E-state index >= 15 is 0 Å². The van der Waals surface area contributed by atoms with E-state index in [2.05, 4.69) is 4.90 Å². The minimum atomic E-state index is -0.388. The minimum Gasteiger partial charge on any atom is -0.464 e. The van der Waals surface area contributed by atoms with E-state index in [9.17, 15) is 10.1 Å². The monoisotopic (exact) mass is 274 g/mol. The summed E-state index contributed by atoms with van der Waals surface area (Å²) >= 11 is 0. The van der Waals surface area contributed by atoms with Crippen LogP contribution in [0.25, 0.3) is 11.3 Å². The summed E-state index contributed by atoms with van der Waals surface area (Å²) in [5.74, 6) is 0.506. The third-order valence-electron chi connectivity index (χ3n) is 3.34. The molecule has 1 aliphatic rings. The second-order valence-electron chi connectivity index (χ2n) is 4.54. The first-order chi connectivity index (χ1) is 9.75. The van der Waals surface area contributed by atoms with Crippen molar-refractivity contribution in [2.75, 3.05) is 31.2 Å². The number of morpholine rings is 1. The van der Waals surface area contributed by atoms with E-state index in [1.807, 2.05) is 6.07 Å². The molecule has 1 aliphatic heterocycles. The Kier molecular flexibility index (Phi) is 3.39. The van der Waals surface area contributed by atoms with Crippen molar-refractivity contribution in [2.24, 2.45) is 0 Å². The van der Waals surface area contributed by atoms with Gasteiger partial charge in [0.05, 0.1) is 30.0 Å². The molecule has 1 fully saturated rings. The van der Waals surface area contributed by atoms with Crippen LogP contribution in [0.5, 0.6) is 0 Å². The molecule has 0 unspecified atom stereocenters. The summed E-state index contributed by atoms with van der Waals surface area (Å²) in [7, 11) is 0. The smallest absolute Gasteiger partial charge is 0.280 e. The van der Waals surface area contributed by atoms with Crippen molar-refractivity contribution in [1.29, 1.82) is 0 Å². The van der Waals surface area contributed by atoms with Gasteiger partial charge < -0.3 is 14.1 Å². The van der Waals surface area contributed by atoms with Gasteiger partial charge in [0.15, 0.2) is 0 Å². The quantitative estimate of drug-likeness (QED) is 0.635. The van der Waals surface area contributed by atoms with Gasteiger partial charge in [-0.2, -0.15) is 0 Å². The maximum absolute atomic E-state index is 11.1. The summed E-state index contributed by atoms with van der Waals surface area (Å²) in [5.41, 5.74) is 1.51. The molecule has 0 saturated carbocycles. The third-order valence-corrected chi connectivity index (χ3v) is 3.34. The van der Waals surface area contributed by atoms with Crippen molar-refractivity contribution in [2.45, 2.75) is 0 Å². The Morgan fingerprint density at radius 2 is 2.00 bits per heavy atom. The highest BCUT2D eigenvalue weighted by Gasteiger charge is 2.20. The zero-order valence-corrected chi connectivity index (χ0v) is 10.8. The number of nitro benzene ring substituents is 1. The predicted molar refractivity (Wildman–Crippen MR) is 73.8 cm³/mol. The van der Waals surface area contributed by atoms with E-state index in [0.717, 1.165) is 18.8 Å². The molecule has 0 aliphatic carbocycles. The van der Waals surface area contributed by atoms with Gasteiger partial charge in [0.2, 0.25) is 0 Å². The van der Waals surface area contributed by atoms with Crippen molar-refractivity contribution in [3.05, 3.63) is 46.7 Å². The van der Waals surface area contributed by atoms with E-state index < -0.39 is 0 Å². The van der Waals surface area contributed by atoms with Crippen LogP contribution in [0.15, 0.2) is 41.0 Å². The van der Waals surface area contributed by atoms with Gasteiger partial charge in [-0.15, -0.1) is 0 Å². The van der Waals surface area contributed by atoms with E-state index in [-0.39, 0.29) is 10.6 Å². The molecule has 1 aromatic carbocycles. The van der Waals surface area contributed by atoms with Crippen molar-refractivity contribution >= 4 is 11.4 Å². The molecule has 6 heteroatoms. The molecule has 1 aromatic heterocycles. The van der Waals surface area contributed by atoms with Gasteiger partial charge in [-0.3, -0.25) is 10.1 Å². The molecule has 2 aromatic rings. The zero-order chi connectivity index (χ0) is 13.9. The first kappa shape index (κ1) is 12.7. The molecular formula is C14H14N2O4. The molecule has 0 bridgehead atoms. The van der Waals surface area contributed by atoms with Gasteiger partial charge >= 0.3 is 0 Å². The third kappa shape index (κ3) is 2.37. The summed E-state index contributed by atoms with van der Waals surface area (Å²) in [6.07, 6.45) is 1.51. The topological polar surface area (TPSA) is 68.8 Å². The standard InChI is InChI=1S/C14H14N2O4/c17-16(18)13-4-3-11(15-5-8-19-9-6-15)10-12(13)14-2-1-7-20-14/h1-4,7,10H,5-6,8-9H2. The number of anilines is 1. The average Bonchev–Trinajstić information content (AvgIpc) is 3.01. The number of benzene rings is 1. The number of rotatable bonds is 3. The highest BCUT2D eigenvalue weighted by atomic mass is 16.6. The van der Waals surface area contributed by atoms with Crippen LogP contribution < -0.4 is 4.90 Å². The minimum absolute atomic E-state index is 0.0527. The Bertz CT molecular complexity index is 604.